The van der Waals surface area contributed by atoms with Crippen LogP contribution in [0.25, 0.3) is 52.5 Å². The standard InChI is InChI=1S/C22H12N2S2/c1-2-4-18-17(3-1)23-12-19(24-18)20-11-14-6-8-15-16(22(14)26-20)7-5-13-9-10-25-21(13)15/h1-12H. The van der Waals surface area contributed by atoms with Gasteiger partial charge in [-0.05, 0) is 40.4 Å². The lowest BCUT2D eigenvalue weighted by Gasteiger charge is -2.01. The summed E-state index contributed by atoms with van der Waals surface area (Å²) >= 11 is 3.61. The highest BCUT2D eigenvalue weighted by Crippen LogP contribution is 2.40. The zero-order valence-corrected chi connectivity index (χ0v) is 15.3. The van der Waals surface area contributed by atoms with Crippen LogP contribution in [0.1, 0.15) is 0 Å². The molecule has 0 saturated heterocycles. The van der Waals surface area contributed by atoms with Crippen LogP contribution in [0.2, 0.25) is 0 Å². The van der Waals surface area contributed by atoms with Crippen LogP contribution >= 0.6 is 22.7 Å². The third-order valence-corrected chi connectivity index (χ3v) is 6.97. The molecule has 0 atom stereocenters. The molecule has 0 unspecified atom stereocenters. The summed E-state index contributed by atoms with van der Waals surface area (Å²) in [7, 11) is 0. The number of aromatic nitrogens is 2. The number of thiophene rings is 2. The van der Waals surface area contributed by atoms with Crippen molar-refractivity contribution in [3.63, 3.8) is 0 Å². The minimum atomic E-state index is 0.933. The van der Waals surface area contributed by atoms with E-state index >= 15 is 0 Å². The normalized spacial score (nSPS) is 11.8. The van der Waals surface area contributed by atoms with E-state index in [1.54, 1.807) is 11.3 Å². The van der Waals surface area contributed by atoms with Gasteiger partial charge in [0, 0.05) is 20.2 Å². The summed E-state index contributed by atoms with van der Waals surface area (Å²) < 4.78 is 2.69. The molecule has 2 nitrogen and oxygen atoms in total. The summed E-state index contributed by atoms with van der Waals surface area (Å²) in [4.78, 5) is 10.5. The van der Waals surface area contributed by atoms with Gasteiger partial charge >= 0.3 is 0 Å². The van der Waals surface area contributed by atoms with E-state index in [9.17, 15) is 0 Å². The molecule has 0 fully saturated rings. The highest BCUT2D eigenvalue weighted by molar-refractivity contribution is 7.23. The Morgan fingerprint density at radius 3 is 2.46 bits per heavy atom. The van der Waals surface area contributed by atoms with Crippen molar-refractivity contribution in [2.24, 2.45) is 0 Å². The molecular weight excluding hydrogens is 356 g/mol. The van der Waals surface area contributed by atoms with Crippen molar-refractivity contribution in [1.82, 2.24) is 9.97 Å². The predicted molar refractivity (Wildman–Crippen MR) is 113 cm³/mol. The number of hydrogen-bond acceptors (Lipinski definition) is 4. The third kappa shape index (κ3) is 2.03. The smallest absolute Gasteiger partial charge is 0.0993 e. The van der Waals surface area contributed by atoms with Crippen molar-refractivity contribution in [2.75, 3.05) is 0 Å². The van der Waals surface area contributed by atoms with Crippen molar-refractivity contribution in [1.29, 1.82) is 0 Å². The maximum absolute atomic E-state index is 4.81. The van der Waals surface area contributed by atoms with Crippen LogP contribution in [0.5, 0.6) is 0 Å². The molecule has 0 N–H and O–H groups in total. The van der Waals surface area contributed by atoms with Crippen LogP contribution in [-0.2, 0) is 0 Å². The lowest BCUT2D eigenvalue weighted by atomic mass is 10.1. The summed E-state index contributed by atoms with van der Waals surface area (Å²) in [5.41, 5.74) is 2.81. The molecule has 0 amide bonds. The highest BCUT2D eigenvalue weighted by atomic mass is 32.1. The fraction of sp³-hybridized carbons (Fsp3) is 0. The van der Waals surface area contributed by atoms with E-state index in [0.29, 0.717) is 0 Å². The molecular formula is C22H12N2S2. The minimum Gasteiger partial charge on any atom is -0.252 e. The van der Waals surface area contributed by atoms with Gasteiger partial charge in [-0.1, -0.05) is 36.4 Å². The number of rotatable bonds is 1. The summed E-state index contributed by atoms with van der Waals surface area (Å²) in [5.74, 6) is 0. The van der Waals surface area contributed by atoms with E-state index in [4.69, 9.17) is 4.98 Å². The number of para-hydroxylation sites is 2. The number of fused-ring (bicyclic) bond motifs is 6. The van der Waals surface area contributed by atoms with Crippen LogP contribution in [0.3, 0.4) is 0 Å². The Labute approximate surface area is 157 Å². The van der Waals surface area contributed by atoms with Gasteiger partial charge in [0.05, 0.1) is 27.8 Å². The van der Waals surface area contributed by atoms with Crippen LogP contribution in [0.15, 0.2) is 72.2 Å². The second-order valence-corrected chi connectivity index (χ2v) is 8.31. The van der Waals surface area contributed by atoms with E-state index in [1.165, 1.54) is 30.9 Å². The molecule has 6 aromatic rings. The fourth-order valence-electron chi connectivity index (χ4n) is 3.53. The first-order valence-corrected chi connectivity index (χ1v) is 10.1. The lowest BCUT2D eigenvalue weighted by Crippen LogP contribution is -1.85. The van der Waals surface area contributed by atoms with Gasteiger partial charge in [-0.2, -0.15) is 0 Å². The molecule has 0 bridgehead atoms. The second kappa shape index (κ2) is 5.34. The lowest BCUT2D eigenvalue weighted by molar-refractivity contribution is 1.30. The Hall–Kier alpha value is -2.82. The molecule has 3 aromatic carbocycles. The van der Waals surface area contributed by atoms with Crippen molar-refractivity contribution >= 4 is 64.7 Å². The molecule has 0 aliphatic rings. The average Bonchev–Trinajstić information content (AvgIpc) is 3.34. The van der Waals surface area contributed by atoms with Gasteiger partial charge in [0.25, 0.3) is 0 Å². The quantitative estimate of drug-likeness (QED) is 0.316. The van der Waals surface area contributed by atoms with Crippen LogP contribution in [-0.4, -0.2) is 9.97 Å². The second-order valence-electron chi connectivity index (χ2n) is 6.34. The zero-order valence-electron chi connectivity index (χ0n) is 13.6. The molecule has 0 aliphatic carbocycles. The van der Waals surface area contributed by atoms with Crippen molar-refractivity contribution in [3.05, 3.63) is 72.2 Å². The first kappa shape index (κ1) is 14.4. The van der Waals surface area contributed by atoms with Gasteiger partial charge in [0.2, 0.25) is 0 Å². The maximum atomic E-state index is 4.81. The monoisotopic (exact) mass is 368 g/mol. The van der Waals surface area contributed by atoms with E-state index in [0.717, 1.165) is 21.6 Å². The van der Waals surface area contributed by atoms with E-state index < -0.39 is 0 Å². The molecule has 0 radical (unpaired) electrons. The predicted octanol–water partition coefficient (Wildman–Crippen LogP) is 6.88. The van der Waals surface area contributed by atoms with Crippen molar-refractivity contribution in [2.45, 2.75) is 0 Å². The Morgan fingerprint density at radius 1 is 0.731 bits per heavy atom. The first-order chi connectivity index (χ1) is 12.9. The molecule has 0 spiro atoms. The van der Waals surface area contributed by atoms with Gasteiger partial charge in [0.15, 0.2) is 0 Å². The Bertz CT molecular complexity index is 1440. The van der Waals surface area contributed by atoms with Gasteiger partial charge in [0.1, 0.15) is 0 Å². The maximum Gasteiger partial charge on any atom is 0.0993 e. The van der Waals surface area contributed by atoms with Crippen molar-refractivity contribution < 1.29 is 0 Å². The average molecular weight is 368 g/mol. The van der Waals surface area contributed by atoms with E-state index in [-0.39, 0.29) is 0 Å². The topological polar surface area (TPSA) is 25.8 Å². The van der Waals surface area contributed by atoms with Crippen LogP contribution in [0, 0.1) is 0 Å². The van der Waals surface area contributed by atoms with Crippen LogP contribution < -0.4 is 0 Å². The third-order valence-electron chi connectivity index (χ3n) is 4.80. The molecule has 26 heavy (non-hydrogen) atoms. The molecule has 4 heteroatoms. The van der Waals surface area contributed by atoms with Crippen molar-refractivity contribution in [3.8, 4) is 10.6 Å². The summed E-state index contributed by atoms with van der Waals surface area (Å²) in [5, 5.41) is 7.41. The van der Waals surface area contributed by atoms with E-state index in [1.807, 2.05) is 41.8 Å². The number of hydrogen-bond donors (Lipinski definition) is 0. The van der Waals surface area contributed by atoms with Gasteiger partial charge in [-0.25, -0.2) is 4.98 Å². The Morgan fingerprint density at radius 2 is 1.54 bits per heavy atom. The molecule has 3 aromatic heterocycles. The van der Waals surface area contributed by atoms with Gasteiger partial charge in [-0.15, -0.1) is 22.7 Å². The molecule has 6 rings (SSSR count). The fourth-order valence-corrected chi connectivity index (χ4v) is 5.60. The minimum absolute atomic E-state index is 0.933. The SMILES string of the molecule is c1ccc2nc(-c3cc4ccc5c(ccc6ccsc65)c4s3)cnc2c1. The van der Waals surface area contributed by atoms with Crippen LogP contribution in [0.4, 0.5) is 0 Å². The largest absolute Gasteiger partial charge is 0.252 e. The zero-order chi connectivity index (χ0) is 17.1. The number of benzene rings is 3. The molecule has 3 heterocycles. The number of nitrogens with zero attached hydrogens (tertiary/aromatic N) is 2. The summed E-state index contributed by atoms with van der Waals surface area (Å²) in [6, 6.07) is 21.4. The molecule has 0 aliphatic heterocycles. The van der Waals surface area contributed by atoms with Gasteiger partial charge < -0.3 is 0 Å². The van der Waals surface area contributed by atoms with E-state index in [2.05, 4.69) is 46.8 Å². The molecule has 0 saturated carbocycles. The highest BCUT2D eigenvalue weighted by Gasteiger charge is 2.11. The van der Waals surface area contributed by atoms with Gasteiger partial charge in [-0.3, -0.25) is 4.98 Å². The molecule has 122 valence electrons. The Kier molecular flexibility index (Phi) is 2.95. The summed E-state index contributed by atoms with van der Waals surface area (Å²) in [6.07, 6.45) is 1.88. The Balaban J connectivity index is 1.62. The summed E-state index contributed by atoms with van der Waals surface area (Å²) in [6.45, 7) is 0. The first-order valence-electron chi connectivity index (χ1n) is 8.41.